The molecule has 0 amide bonds. The molecular weight excluding hydrogens is 466 g/mol. The third-order valence-corrected chi connectivity index (χ3v) is 6.84. The van der Waals surface area contributed by atoms with Crippen molar-refractivity contribution in [3.05, 3.63) is 64.0 Å². The third kappa shape index (κ3) is 3.01. The topological polar surface area (TPSA) is 92.9 Å². The maximum absolute atomic E-state index is 11.4. The lowest BCUT2D eigenvalue weighted by Gasteiger charge is -2.15. The highest BCUT2D eigenvalue weighted by atomic mass is 79.9. The molecule has 5 rings (SSSR count). The predicted octanol–water partition coefficient (Wildman–Crippen LogP) is 4.66. The van der Waals surface area contributed by atoms with Crippen LogP contribution in [0.1, 0.15) is 21.6 Å². The first-order valence-corrected chi connectivity index (χ1v) is 10.9. The predicted molar refractivity (Wildman–Crippen MR) is 120 cm³/mol. The zero-order valence-corrected chi connectivity index (χ0v) is 18.3. The van der Waals surface area contributed by atoms with Gasteiger partial charge in [0.1, 0.15) is 0 Å². The van der Waals surface area contributed by atoms with Crippen LogP contribution in [0.25, 0.3) is 27.5 Å². The molecule has 0 saturated heterocycles. The number of anilines is 1. The Morgan fingerprint density at radius 1 is 1.30 bits per heavy atom. The quantitative estimate of drug-likeness (QED) is 0.440. The monoisotopic (exact) mass is 481 g/mol. The van der Waals surface area contributed by atoms with Crippen LogP contribution in [0.2, 0.25) is 0 Å². The maximum atomic E-state index is 11.4. The minimum atomic E-state index is -0.968. The van der Waals surface area contributed by atoms with Crippen LogP contribution in [-0.4, -0.2) is 37.9 Å². The van der Waals surface area contributed by atoms with Crippen molar-refractivity contribution in [2.75, 3.05) is 12.4 Å². The van der Waals surface area contributed by atoms with E-state index >= 15 is 0 Å². The number of benzene rings is 1. The molecule has 4 aromatic rings. The van der Waals surface area contributed by atoms with Crippen molar-refractivity contribution >= 4 is 38.4 Å². The average molecular weight is 482 g/mol. The molecule has 3 heterocycles. The van der Waals surface area contributed by atoms with Crippen molar-refractivity contribution in [3.63, 3.8) is 0 Å². The molecule has 1 aromatic carbocycles. The van der Waals surface area contributed by atoms with Gasteiger partial charge in [0.25, 0.3) is 0 Å². The molecule has 3 aromatic heterocycles. The molecule has 1 aliphatic carbocycles. The number of carboxylic acid groups (broad SMARTS) is 1. The van der Waals surface area contributed by atoms with E-state index in [4.69, 9.17) is 10.1 Å². The standard InChI is InChI=1S/C21H16BrN5O2S/c1-23-21-25-15-6-5-13-17(12-3-2-8-24-10-12)26-27(18(13)19(15)30-21)16-7-4-11(20(28)29)9-14(16)22/h2-4,7-10H,5-6H2,1H3,(H,23,25)(H,28,29). The molecule has 0 bridgehead atoms. The Morgan fingerprint density at radius 3 is 2.87 bits per heavy atom. The highest BCUT2D eigenvalue weighted by molar-refractivity contribution is 9.10. The second kappa shape index (κ2) is 7.33. The van der Waals surface area contributed by atoms with Crippen molar-refractivity contribution in [1.82, 2.24) is 19.7 Å². The number of carboxylic acids is 1. The van der Waals surface area contributed by atoms with Gasteiger partial charge in [-0.2, -0.15) is 5.10 Å². The van der Waals surface area contributed by atoms with Gasteiger partial charge < -0.3 is 10.4 Å². The van der Waals surface area contributed by atoms with E-state index in [-0.39, 0.29) is 5.56 Å². The summed E-state index contributed by atoms with van der Waals surface area (Å²) in [6.45, 7) is 0. The lowest BCUT2D eigenvalue weighted by Crippen LogP contribution is -2.07. The Kier molecular flexibility index (Phi) is 4.63. The molecule has 30 heavy (non-hydrogen) atoms. The molecule has 7 nitrogen and oxygen atoms in total. The summed E-state index contributed by atoms with van der Waals surface area (Å²) in [6.07, 6.45) is 5.23. The maximum Gasteiger partial charge on any atom is 0.335 e. The summed E-state index contributed by atoms with van der Waals surface area (Å²) in [4.78, 5) is 21.4. The highest BCUT2D eigenvalue weighted by Gasteiger charge is 2.30. The molecular formula is C21H16BrN5O2S. The summed E-state index contributed by atoms with van der Waals surface area (Å²) in [5, 5.41) is 18.3. The Bertz CT molecular complexity index is 1280. The van der Waals surface area contributed by atoms with Gasteiger partial charge in [-0.05, 0) is 59.1 Å². The van der Waals surface area contributed by atoms with Crippen LogP contribution in [0.5, 0.6) is 0 Å². The van der Waals surface area contributed by atoms with Gasteiger partial charge in [-0.1, -0.05) is 11.3 Å². The summed E-state index contributed by atoms with van der Waals surface area (Å²) < 4.78 is 2.55. The smallest absolute Gasteiger partial charge is 0.335 e. The fourth-order valence-electron chi connectivity index (χ4n) is 3.70. The molecule has 0 saturated carbocycles. The van der Waals surface area contributed by atoms with Crippen molar-refractivity contribution in [2.45, 2.75) is 12.8 Å². The third-order valence-electron chi connectivity index (χ3n) is 5.08. The minimum Gasteiger partial charge on any atom is -0.478 e. The van der Waals surface area contributed by atoms with E-state index in [1.807, 2.05) is 30.1 Å². The molecule has 0 radical (unpaired) electrons. The van der Waals surface area contributed by atoms with Crippen LogP contribution in [0.4, 0.5) is 5.13 Å². The zero-order chi connectivity index (χ0) is 20.8. The van der Waals surface area contributed by atoms with Gasteiger partial charge in [0.15, 0.2) is 5.13 Å². The summed E-state index contributed by atoms with van der Waals surface area (Å²) in [7, 11) is 1.87. The summed E-state index contributed by atoms with van der Waals surface area (Å²) >= 11 is 5.14. The number of rotatable bonds is 4. The second-order valence-corrected chi connectivity index (χ2v) is 8.70. The van der Waals surface area contributed by atoms with Crippen molar-refractivity contribution in [2.24, 2.45) is 0 Å². The van der Waals surface area contributed by atoms with Gasteiger partial charge in [0, 0.05) is 35.0 Å². The van der Waals surface area contributed by atoms with E-state index in [1.54, 1.807) is 35.7 Å². The van der Waals surface area contributed by atoms with Gasteiger partial charge in [-0.25, -0.2) is 14.5 Å². The number of hydrogen-bond donors (Lipinski definition) is 2. The van der Waals surface area contributed by atoms with Crippen molar-refractivity contribution in [3.8, 4) is 27.5 Å². The first kappa shape index (κ1) is 19.0. The van der Waals surface area contributed by atoms with E-state index in [0.29, 0.717) is 4.47 Å². The normalized spacial score (nSPS) is 12.3. The first-order valence-electron chi connectivity index (χ1n) is 9.30. The Balaban J connectivity index is 1.78. The van der Waals surface area contributed by atoms with Gasteiger partial charge in [0.05, 0.1) is 33.2 Å². The number of thiazole rings is 1. The lowest BCUT2D eigenvalue weighted by atomic mass is 9.95. The largest absolute Gasteiger partial charge is 0.478 e. The number of halogens is 1. The molecule has 1 aliphatic rings. The van der Waals surface area contributed by atoms with Crippen LogP contribution < -0.4 is 5.32 Å². The van der Waals surface area contributed by atoms with Gasteiger partial charge in [0.2, 0.25) is 0 Å². The number of aromatic carboxylic acids is 1. The molecule has 2 N–H and O–H groups in total. The van der Waals surface area contributed by atoms with Gasteiger partial charge in [-0.3, -0.25) is 4.98 Å². The summed E-state index contributed by atoms with van der Waals surface area (Å²) in [5.74, 6) is -0.968. The average Bonchev–Trinajstić information content (AvgIpc) is 3.35. The first-order chi connectivity index (χ1) is 14.6. The number of nitrogens with one attached hydrogen (secondary N) is 1. The van der Waals surface area contributed by atoms with Crippen LogP contribution in [0.3, 0.4) is 0 Å². The number of nitrogens with zero attached hydrogens (tertiary/aromatic N) is 4. The SMILES string of the molecule is CNc1nc2c(s1)-c1c(c(-c3cccnc3)nn1-c1ccc(C(=O)O)cc1Br)CC2. The summed E-state index contributed by atoms with van der Waals surface area (Å²) in [5.41, 5.74) is 6.03. The molecule has 0 atom stereocenters. The Labute approximate surface area is 184 Å². The Hall–Kier alpha value is -3.04. The van der Waals surface area contributed by atoms with Crippen molar-refractivity contribution in [1.29, 1.82) is 0 Å². The number of fused-ring (bicyclic) bond motifs is 3. The summed E-state index contributed by atoms with van der Waals surface area (Å²) in [6, 6.07) is 8.88. The van der Waals surface area contributed by atoms with Crippen LogP contribution >= 0.6 is 27.3 Å². The number of aromatic nitrogens is 4. The second-order valence-electron chi connectivity index (χ2n) is 6.85. The van der Waals surface area contributed by atoms with Crippen LogP contribution in [-0.2, 0) is 12.8 Å². The molecule has 150 valence electrons. The van der Waals surface area contributed by atoms with Crippen molar-refractivity contribution < 1.29 is 9.90 Å². The van der Waals surface area contributed by atoms with E-state index in [2.05, 4.69) is 26.2 Å². The zero-order valence-electron chi connectivity index (χ0n) is 15.9. The van der Waals surface area contributed by atoms with Crippen LogP contribution in [0, 0.1) is 0 Å². The fraction of sp³-hybridized carbons (Fsp3) is 0.143. The molecule has 0 unspecified atom stereocenters. The van der Waals surface area contributed by atoms with E-state index in [0.717, 1.165) is 56.7 Å². The number of aryl methyl sites for hydroxylation is 1. The van der Waals surface area contributed by atoms with Crippen LogP contribution in [0.15, 0.2) is 47.2 Å². The number of pyridine rings is 1. The lowest BCUT2D eigenvalue weighted by molar-refractivity contribution is 0.0697. The number of hydrogen-bond acceptors (Lipinski definition) is 6. The molecule has 0 aliphatic heterocycles. The molecule has 9 heteroatoms. The van der Waals surface area contributed by atoms with E-state index in [1.165, 1.54) is 0 Å². The fourth-order valence-corrected chi connectivity index (χ4v) is 5.27. The van der Waals surface area contributed by atoms with Gasteiger partial charge in [-0.15, -0.1) is 0 Å². The molecule has 0 fully saturated rings. The van der Waals surface area contributed by atoms with E-state index < -0.39 is 5.97 Å². The van der Waals surface area contributed by atoms with E-state index in [9.17, 15) is 9.90 Å². The molecule has 0 spiro atoms. The number of carbonyl (C=O) groups is 1. The Morgan fingerprint density at radius 2 is 2.17 bits per heavy atom. The van der Waals surface area contributed by atoms with Gasteiger partial charge >= 0.3 is 5.97 Å². The minimum absolute atomic E-state index is 0.218. The highest BCUT2D eigenvalue weighted by Crippen LogP contribution is 2.44.